The minimum atomic E-state index is -0.942. The largest absolute Gasteiger partial charge is 0.501 e. The molecule has 0 aromatic rings. The second-order valence-corrected chi connectivity index (χ2v) is 7.56. The van der Waals surface area contributed by atoms with Crippen molar-refractivity contribution in [3.63, 3.8) is 0 Å². The lowest BCUT2D eigenvalue weighted by Crippen LogP contribution is -2.16. The number of unbranched alkanes of at least 4 members (excludes halogenated alkanes) is 9. The van der Waals surface area contributed by atoms with E-state index in [9.17, 15) is 14.7 Å². The molecule has 1 atom stereocenters. The molecule has 0 amide bonds. The summed E-state index contributed by atoms with van der Waals surface area (Å²) >= 11 is 0. The van der Waals surface area contributed by atoms with Crippen molar-refractivity contribution in [3.05, 3.63) is 11.8 Å². The molecule has 0 aliphatic rings. The first-order valence-corrected chi connectivity index (χ1v) is 11.6. The van der Waals surface area contributed by atoms with E-state index in [2.05, 4.69) is 18.8 Å². The molecule has 0 aromatic heterocycles. The molecule has 0 heterocycles. The Hall–Kier alpha value is -1.80. The number of aliphatic hydroxyl groups is 1. The van der Waals surface area contributed by atoms with Crippen molar-refractivity contribution < 1.29 is 24.2 Å². The van der Waals surface area contributed by atoms with E-state index in [4.69, 9.17) is 9.47 Å². The van der Waals surface area contributed by atoms with Crippen molar-refractivity contribution in [1.29, 1.82) is 0 Å². The predicted molar refractivity (Wildman–Crippen MR) is 121 cm³/mol. The summed E-state index contributed by atoms with van der Waals surface area (Å²) in [7, 11) is 1.57. The van der Waals surface area contributed by atoms with Crippen LogP contribution in [-0.4, -0.2) is 36.7 Å². The number of hydrogen-bond acceptors (Lipinski definition) is 5. The van der Waals surface area contributed by atoms with E-state index in [0.717, 1.165) is 44.9 Å². The van der Waals surface area contributed by atoms with Gasteiger partial charge >= 0.3 is 5.97 Å². The molecule has 0 spiro atoms. The SMILES string of the molecule is CCCCCCC#CCCCCCCC/C(=C/C(O)CC(=O)CC(=O)OCC)OC. The van der Waals surface area contributed by atoms with Crippen LogP contribution in [0.3, 0.4) is 0 Å². The van der Waals surface area contributed by atoms with Gasteiger partial charge in [0, 0.05) is 25.7 Å². The molecule has 5 heteroatoms. The van der Waals surface area contributed by atoms with E-state index in [1.165, 1.54) is 32.1 Å². The minimum Gasteiger partial charge on any atom is -0.501 e. The van der Waals surface area contributed by atoms with Crippen LogP contribution in [0.2, 0.25) is 0 Å². The van der Waals surface area contributed by atoms with Gasteiger partial charge in [0.05, 0.1) is 25.6 Å². The van der Waals surface area contributed by atoms with Crippen molar-refractivity contribution in [2.75, 3.05) is 13.7 Å². The van der Waals surface area contributed by atoms with Crippen LogP contribution in [0.15, 0.2) is 11.8 Å². The Morgan fingerprint density at radius 3 is 2.13 bits per heavy atom. The van der Waals surface area contributed by atoms with Crippen LogP contribution in [0.1, 0.15) is 104 Å². The zero-order valence-corrected chi connectivity index (χ0v) is 19.3. The predicted octanol–water partition coefficient (Wildman–Crippen LogP) is 5.49. The average molecular weight is 423 g/mol. The monoisotopic (exact) mass is 422 g/mol. The fourth-order valence-electron chi connectivity index (χ4n) is 3.07. The maximum atomic E-state index is 11.8. The lowest BCUT2D eigenvalue weighted by atomic mass is 10.1. The van der Waals surface area contributed by atoms with Gasteiger partial charge in [-0.1, -0.05) is 45.4 Å². The summed E-state index contributed by atoms with van der Waals surface area (Å²) in [4.78, 5) is 23.0. The van der Waals surface area contributed by atoms with Crippen molar-refractivity contribution in [3.8, 4) is 11.8 Å². The number of carbonyl (C=O) groups is 2. The summed E-state index contributed by atoms with van der Waals surface area (Å²) < 4.78 is 10.0. The van der Waals surface area contributed by atoms with Crippen LogP contribution in [0.25, 0.3) is 0 Å². The average Bonchev–Trinajstić information content (AvgIpc) is 2.70. The van der Waals surface area contributed by atoms with Crippen molar-refractivity contribution in [2.45, 2.75) is 110 Å². The number of rotatable bonds is 18. The van der Waals surface area contributed by atoms with Gasteiger partial charge in [-0.25, -0.2) is 0 Å². The third-order valence-corrected chi connectivity index (χ3v) is 4.73. The van der Waals surface area contributed by atoms with Gasteiger partial charge in [-0.05, 0) is 32.3 Å². The van der Waals surface area contributed by atoms with Gasteiger partial charge in [-0.2, -0.15) is 0 Å². The topological polar surface area (TPSA) is 72.8 Å². The molecule has 1 unspecified atom stereocenters. The second kappa shape index (κ2) is 20.5. The number of ketones is 1. The van der Waals surface area contributed by atoms with E-state index in [-0.39, 0.29) is 25.2 Å². The third kappa shape index (κ3) is 18.2. The summed E-state index contributed by atoms with van der Waals surface area (Å²) in [6.45, 7) is 4.16. The standard InChI is InChI=1S/C25H42O5/c1-4-6-7-8-9-10-11-12-13-14-15-16-17-18-24(29-3)20-22(26)19-23(27)21-25(28)30-5-2/h20,22,26H,4-9,12-19,21H2,1-3H3/b24-20-. The van der Waals surface area contributed by atoms with Gasteiger partial charge < -0.3 is 14.6 Å². The maximum Gasteiger partial charge on any atom is 0.313 e. The fourth-order valence-corrected chi connectivity index (χ4v) is 3.07. The summed E-state index contributed by atoms with van der Waals surface area (Å²) in [5, 5.41) is 10.0. The van der Waals surface area contributed by atoms with E-state index >= 15 is 0 Å². The van der Waals surface area contributed by atoms with Crippen molar-refractivity contribution in [2.24, 2.45) is 0 Å². The Bertz CT molecular complexity index is 541. The van der Waals surface area contributed by atoms with Crippen molar-refractivity contribution >= 4 is 11.8 Å². The first-order chi connectivity index (χ1) is 14.5. The third-order valence-electron chi connectivity index (χ3n) is 4.73. The zero-order valence-electron chi connectivity index (χ0n) is 19.3. The van der Waals surface area contributed by atoms with E-state index in [1.807, 2.05) is 0 Å². The highest BCUT2D eigenvalue weighted by Crippen LogP contribution is 2.14. The summed E-state index contributed by atoms with van der Waals surface area (Å²) in [5.74, 6) is 6.34. The molecule has 5 nitrogen and oxygen atoms in total. The molecule has 0 radical (unpaired) electrons. The summed E-state index contributed by atoms with van der Waals surface area (Å²) in [6, 6.07) is 0. The molecule has 0 saturated heterocycles. The Kier molecular flexibility index (Phi) is 19.2. The Morgan fingerprint density at radius 1 is 0.933 bits per heavy atom. The highest BCUT2D eigenvalue weighted by Gasteiger charge is 2.14. The second-order valence-electron chi connectivity index (χ2n) is 7.56. The van der Waals surface area contributed by atoms with E-state index < -0.39 is 12.1 Å². The van der Waals surface area contributed by atoms with Crippen LogP contribution in [0, 0.1) is 11.8 Å². The lowest BCUT2D eigenvalue weighted by Gasteiger charge is -2.10. The first kappa shape index (κ1) is 28.2. The molecular weight excluding hydrogens is 380 g/mol. The Balaban J connectivity index is 3.85. The van der Waals surface area contributed by atoms with Gasteiger partial charge in [0.2, 0.25) is 0 Å². The smallest absolute Gasteiger partial charge is 0.313 e. The first-order valence-electron chi connectivity index (χ1n) is 11.6. The highest BCUT2D eigenvalue weighted by atomic mass is 16.5. The number of methoxy groups -OCH3 is 1. The molecule has 30 heavy (non-hydrogen) atoms. The number of ether oxygens (including phenoxy) is 2. The maximum absolute atomic E-state index is 11.8. The quantitative estimate of drug-likeness (QED) is 0.104. The van der Waals surface area contributed by atoms with Gasteiger partial charge in [0.1, 0.15) is 12.2 Å². The van der Waals surface area contributed by atoms with Crippen molar-refractivity contribution in [1.82, 2.24) is 0 Å². The number of Topliss-reactive ketones (excluding diaryl/α,β-unsaturated/α-hetero) is 1. The molecule has 0 aromatic carbocycles. The number of allylic oxidation sites excluding steroid dienone is 1. The Labute approximate surface area is 183 Å². The molecule has 0 aliphatic carbocycles. The number of esters is 1. The van der Waals surface area contributed by atoms with Gasteiger partial charge in [-0.3, -0.25) is 9.59 Å². The highest BCUT2D eigenvalue weighted by molar-refractivity contribution is 5.95. The van der Waals surface area contributed by atoms with Crippen LogP contribution in [0.4, 0.5) is 0 Å². The van der Waals surface area contributed by atoms with E-state index in [0.29, 0.717) is 5.76 Å². The number of hydrogen-bond donors (Lipinski definition) is 1. The normalized spacial score (nSPS) is 12.1. The molecule has 0 bridgehead atoms. The lowest BCUT2D eigenvalue weighted by molar-refractivity contribution is -0.145. The van der Waals surface area contributed by atoms with Crippen LogP contribution < -0.4 is 0 Å². The van der Waals surface area contributed by atoms with Crippen LogP contribution in [-0.2, 0) is 19.1 Å². The molecular formula is C25H42O5. The fraction of sp³-hybridized carbons (Fsp3) is 0.760. The summed E-state index contributed by atoms with van der Waals surface area (Å²) in [5.41, 5.74) is 0. The van der Waals surface area contributed by atoms with Crippen LogP contribution in [0.5, 0.6) is 0 Å². The van der Waals surface area contributed by atoms with Gasteiger partial charge in [-0.15, -0.1) is 11.8 Å². The number of aliphatic hydroxyl groups excluding tert-OH is 1. The molecule has 0 fully saturated rings. The van der Waals surface area contributed by atoms with Gasteiger partial charge in [0.25, 0.3) is 0 Å². The minimum absolute atomic E-state index is 0.106. The van der Waals surface area contributed by atoms with E-state index in [1.54, 1.807) is 20.1 Å². The number of carbonyl (C=O) groups excluding carboxylic acids is 2. The summed E-state index contributed by atoms with van der Waals surface area (Å²) in [6.07, 6.45) is 13.7. The Morgan fingerprint density at radius 2 is 1.53 bits per heavy atom. The zero-order chi connectivity index (χ0) is 22.5. The molecule has 0 saturated carbocycles. The molecule has 0 rings (SSSR count). The molecule has 0 aliphatic heterocycles. The van der Waals surface area contributed by atoms with Gasteiger partial charge in [0.15, 0.2) is 0 Å². The molecule has 1 N–H and O–H groups in total. The van der Waals surface area contributed by atoms with Crippen LogP contribution >= 0.6 is 0 Å². The molecule has 172 valence electrons.